The number of carbonyl (C=O) groups is 2. The zero-order valence-electron chi connectivity index (χ0n) is 20.2. The average molecular weight is 511 g/mol. The van der Waals surface area contributed by atoms with Crippen molar-refractivity contribution >= 4 is 23.6 Å². The minimum absolute atomic E-state index is 0.267. The molecule has 7 nitrogen and oxygen atoms in total. The third-order valence-electron chi connectivity index (χ3n) is 5.91. The molecule has 4 rings (SSSR count). The number of halogens is 1. The Bertz CT molecular complexity index is 1200. The number of amides is 2. The van der Waals surface area contributed by atoms with Crippen LogP contribution in [-0.4, -0.2) is 49.8 Å². The minimum Gasteiger partial charge on any atom is -0.493 e. The quantitative estimate of drug-likeness (QED) is 0.483. The van der Waals surface area contributed by atoms with E-state index in [9.17, 15) is 14.0 Å². The molecule has 2 amide bonds. The average Bonchev–Trinajstić information content (AvgIpc) is 3.36. The van der Waals surface area contributed by atoms with Gasteiger partial charge in [-0.25, -0.2) is 4.39 Å². The van der Waals surface area contributed by atoms with Gasteiger partial charge in [-0.05, 0) is 35.4 Å². The highest BCUT2D eigenvalue weighted by Crippen LogP contribution is 2.44. The van der Waals surface area contributed by atoms with Gasteiger partial charge in [0, 0.05) is 17.9 Å². The Labute approximate surface area is 213 Å². The first-order valence-electron chi connectivity index (χ1n) is 11.3. The van der Waals surface area contributed by atoms with E-state index < -0.39 is 11.4 Å². The summed E-state index contributed by atoms with van der Waals surface area (Å²) in [6.45, 7) is 0.342. The number of ether oxygens (including phenoxy) is 3. The predicted octanol–water partition coefficient (Wildman–Crippen LogP) is 4.42. The molecule has 0 radical (unpaired) electrons. The van der Waals surface area contributed by atoms with Crippen molar-refractivity contribution in [2.24, 2.45) is 0 Å². The fourth-order valence-corrected chi connectivity index (χ4v) is 5.53. The van der Waals surface area contributed by atoms with Gasteiger partial charge in [0.15, 0.2) is 11.5 Å². The molecule has 2 atom stereocenters. The van der Waals surface area contributed by atoms with E-state index in [-0.39, 0.29) is 23.2 Å². The van der Waals surface area contributed by atoms with Gasteiger partial charge in [-0.2, -0.15) is 0 Å². The van der Waals surface area contributed by atoms with Gasteiger partial charge in [-0.3, -0.25) is 9.59 Å². The molecule has 9 heteroatoms. The highest BCUT2D eigenvalue weighted by molar-refractivity contribution is 7.99. The molecule has 3 aromatic carbocycles. The van der Waals surface area contributed by atoms with Gasteiger partial charge in [0.1, 0.15) is 17.2 Å². The van der Waals surface area contributed by atoms with Crippen molar-refractivity contribution in [1.29, 1.82) is 0 Å². The van der Waals surface area contributed by atoms with Crippen LogP contribution in [0.2, 0.25) is 0 Å². The van der Waals surface area contributed by atoms with Crippen molar-refractivity contribution in [3.63, 3.8) is 0 Å². The third-order valence-corrected chi connectivity index (χ3v) is 7.24. The number of hydrogen-bond acceptors (Lipinski definition) is 6. The van der Waals surface area contributed by atoms with Crippen molar-refractivity contribution in [1.82, 2.24) is 10.2 Å². The number of nitrogens with one attached hydrogen (secondary N) is 1. The lowest BCUT2D eigenvalue weighted by Crippen LogP contribution is -2.47. The van der Waals surface area contributed by atoms with Crippen molar-refractivity contribution < 1.29 is 28.2 Å². The molecule has 0 bridgehead atoms. The summed E-state index contributed by atoms with van der Waals surface area (Å²) in [4.78, 5) is 28.8. The maximum atomic E-state index is 13.9. The summed E-state index contributed by atoms with van der Waals surface area (Å²) in [6, 6.07) is 17.9. The van der Waals surface area contributed by atoms with Crippen LogP contribution in [0.25, 0.3) is 0 Å². The Hall–Kier alpha value is -3.72. The first-order chi connectivity index (χ1) is 17.5. The number of methoxy groups -OCH3 is 3. The Morgan fingerprint density at radius 3 is 2.19 bits per heavy atom. The van der Waals surface area contributed by atoms with Gasteiger partial charge in [-0.15, -0.1) is 11.8 Å². The number of thioether (sulfide) groups is 1. The Morgan fingerprint density at radius 1 is 0.972 bits per heavy atom. The van der Waals surface area contributed by atoms with Crippen LogP contribution in [0.15, 0.2) is 66.7 Å². The number of hydrogen-bond donors (Lipinski definition) is 1. The van der Waals surface area contributed by atoms with Crippen LogP contribution in [0.3, 0.4) is 0 Å². The van der Waals surface area contributed by atoms with Crippen molar-refractivity contribution in [2.75, 3.05) is 27.1 Å². The number of nitrogens with zero attached hydrogens (tertiary/aromatic N) is 1. The highest BCUT2D eigenvalue weighted by atomic mass is 32.2. The van der Waals surface area contributed by atoms with Crippen LogP contribution in [0.5, 0.6) is 17.2 Å². The standard InChI is InChI=1S/C27H27FN2O5S/c1-33-22-13-19(14-23(34-2)24(22)35-3)26(32)30-21(25(31)29-15-17-7-5-4-6-8-17)16-36-27(30)18-9-11-20(28)12-10-18/h4-14,21,27H,15-16H2,1-3H3,(H,29,31). The molecule has 0 spiro atoms. The monoisotopic (exact) mass is 510 g/mol. The van der Waals surface area contributed by atoms with Crippen LogP contribution in [-0.2, 0) is 11.3 Å². The molecule has 0 saturated carbocycles. The Balaban J connectivity index is 1.68. The van der Waals surface area contributed by atoms with Crippen LogP contribution in [0.1, 0.15) is 26.9 Å². The fraction of sp³-hybridized carbons (Fsp3) is 0.259. The summed E-state index contributed by atoms with van der Waals surface area (Å²) in [5.74, 6) is 0.385. The van der Waals surface area contributed by atoms with E-state index in [2.05, 4.69) is 5.32 Å². The second-order valence-corrected chi connectivity index (χ2v) is 9.20. The van der Waals surface area contributed by atoms with E-state index in [1.807, 2.05) is 30.3 Å². The topological polar surface area (TPSA) is 77.1 Å². The summed E-state index contributed by atoms with van der Waals surface area (Å²) in [6.07, 6.45) is 0. The van der Waals surface area contributed by atoms with E-state index in [0.29, 0.717) is 29.5 Å². The van der Waals surface area contributed by atoms with E-state index in [0.717, 1.165) is 11.1 Å². The molecule has 1 fully saturated rings. The van der Waals surface area contributed by atoms with Crippen LogP contribution in [0, 0.1) is 5.82 Å². The molecular weight excluding hydrogens is 483 g/mol. The van der Waals surface area contributed by atoms with Gasteiger partial charge < -0.3 is 24.4 Å². The number of benzene rings is 3. The molecule has 1 N–H and O–H groups in total. The highest BCUT2D eigenvalue weighted by Gasteiger charge is 2.43. The zero-order chi connectivity index (χ0) is 25.7. The van der Waals surface area contributed by atoms with Crippen molar-refractivity contribution in [3.05, 3.63) is 89.2 Å². The second-order valence-electron chi connectivity index (χ2n) is 8.08. The summed E-state index contributed by atoms with van der Waals surface area (Å²) in [7, 11) is 4.42. The number of carbonyl (C=O) groups excluding carboxylic acids is 2. The third kappa shape index (κ3) is 5.26. The van der Waals surface area contributed by atoms with Gasteiger partial charge >= 0.3 is 0 Å². The van der Waals surface area contributed by atoms with Gasteiger partial charge in [0.2, 0.25) is 11.7 Å². The lowest BCUT2D eigenvalue weighted by atomic mass is 10.1. The molecule has 1 heterocycles. The molecular formula is C27H27FN2O5S. The smallest absolute Gasteiger partial charge is 0.256 e. The van der Waals surface area contributed by atoms with Gasteiger partial charge in [0.05, 0.1) is 21.3 Å². The number of rotatable bonds is 8. The molecule has 36 heavy (non-hydrogen) atoms. The maximum absolute atomic E-state index is 13.9. The Morgan fingerprint density at radius 2 is 1.61 bits per heavy atom. The second kappa shape index (κ2) is 11.3. The first kappa shape index (κ1) is 25.4. The molecule has 0 aliphatic carbocycles. The minimum atomic E-state index is -0.736. The molecule has 188 valence electrons. The molecule has 3 aromatic rings. The first-order valence-corrected chi connectivity index (χ1v) is 12.3. The lowest BCUT2D eigenvalue weighted by molar-refractivity contribution is -0.125. The lowest BCUT2D eigenvalue weighted by Gasteiger charge is -2.29. The van der Waals surface area contributed by atoms with E-state index in [4.69, 9.17) is 14.2 Å². The van der Waals surface area contributed by atoms with Crippen LogP contribution in [0.4, 0.5) is 4.39 Å². The fourth-order valence-electron chi connectivity index (χ4n) is 4.10. The van der Waals surface area contributed by atoms with Gasteiger partial charge in [-0.1, -0.05) is 42.5 Å². The SMILES string of the molecule is COc1cc(C(=O)N2C(C(=O)NCc3ccccc3)CSC2c2ccc(F)cc2)cc(OC)c1OC. The summed E-state index contributed by atoms with van der Waals surface area (Å²) in [5, 5.41) is 2.46. The normalized spacial score (nSPS) is 16.9. The molecule has 2 unspecified atom stereocenters. The van der Waals surface area contributed by atoms with Crippen molar-refractivity contribution in [3.8, 4) is 17.2 Å². The molecule has 1 aliphatic rings. The van der Waals surface area contributed by atoms with Crippen molar-refractivity contribution in [2.45, 2.75) is 18.0 Å². The van der Waals surface area contributed by atoms with Crippen LogP contribution >= 0.6 is 11.8 Å². The summed E-state index contributed by atoms with van der Waals surface area (Å²) in [5.41, 5.74) is 1.95. The maximum Gasteiger partial charge on any atom is 0.256 e. The van der Waals surface area contributed by atoms with Crippen LogP contribution < -0.4 is 19.5 Å². The molecule has 1 saturated heterocycles. The van der Waals surface area contributed by atoms with E-state index in [1.54, 1.807) is 29.2 Å². The Kier molecular flexibility index (Phi) is 8.00. The summed E-state index contributed by atoms with van der Waals surface area (Å²) >= 11 is 1.45. The zero-order valence-corrected chi connectivity index (χ0v) is 21.0. The largest absolute Gasteiger partial charge is 0.493 e. The summed E-state index contributed by atoms with van der Waals surface area (Å²) < 4.78 is 29.8. The molecule has 1 aliphatic heterocycles. The van der Waals surface area contributed by atoms with Gasteiger partial charge in [0.25, 0.3) is 5.91 Å². The predicted molar refractivity (Wildman–Crippen MR) is 136 cm³/mol. The van der Waals surface area contributed by atoms with E-state index >= 15 is 0 Å². The van der Waals surface area contributed by atoms with E-state index in [1.165, 1.54) is 45.2 Å². The molecule has 0 aromatic heterocycles.